The third-order valence-corrected chi connectivity index (χ3v) is 7.26. The number of halogens is 1. The lowest BCUT2D eigenvalue weighted by Gasteiger charge is -2.18. The minimum atomic E-state index is -3.89. The Balaban J connectivity index is 2.04. The van der Waals surface area contributed by atoms with Crippen LogP contribution in [0.5, 0.6) is 0 Å². The Kier molecular flexibility index (Phi) is 4.59. The Morgan fingerprint density at radius 3 is 2.75 bits per heavy atom. The molecule has 1 atom stereocenters. The van der Waals surface area contributed by atoms with Crippen molar-refractivity contribution in [2.45, 2.75) is 31.1 Å². The molecule has 0 radical (unpaired) electrons. The normalized spacial score (nSPS) is 17.3. The number of rotatable bonds is 4. The van der Waals surface area contributed by atoms with Crippen LogP contribution < -0.4 is 10.5 Å². The van der Waals surface area contributed by atoms with Crippen LogP contribution in [0.3, 0.4) is 0 Å². The molecule has 0 saturated carbocycles. The van der Waals surface area contributed by atoms with E-state index in [2.05, 4.69) is 11.6 Å². The molecule has 1 heterocycles. The van der Waals surface area contributed by atoms with Crippen LogP contribution in [0.1, 0.15) is 34.1 Å². The largest absolute Gasteiger partial charge is 0.365 e. The van der Waals surface area contributed by atoms with Gasteiger partial charge in [0, 0.05) is 4.88 Å². The number of anilines is 1. The molecule has 0 fully saturated rings. The van der Waals surface area contributed by atoms with Crippen LogP contribution in [-0.4, -0.2) is 14.3 Å². The van der Waals surface area contributed by atoms with E-state index in [-0.39, 0.29) is 20.5 Å². The van der Waals surface area contributed by atoms with Crippen molar-refractivity contribution < 1.29 is 13.2 Å². The molecule has 24 heavy (non-hydrogen) atoms. The van der Waals surface area contributed by atoms with Crippen LogP contribution in [0.15, 0.2) is 29.2 Å². The summed E-state index contributed by atoms with van der Waals surface area (Å²) >= 11 is 7.28. The molecule has 3 rings (SSSR count). The summed E-state index contributed by atoms with van der Waals surface area (Å²) in [6, 6.07) is 6.18. The van der Waals surface area contributed by atoms with Gasteiger partial charge in [-0.2, -0.15) is 0 Å². The van der Waals surface area contributed by atoms with Crippen molar-refractivity contribution in [1.29, 1.82) is 0 Å². The van der Waals surface area contributed by atoms with Gasteiger partial charge in [0.2, 0.25) is 0 Å². The minimum Gasteiger partial charge on any atom is -0.365 e. The SMILES string of the molecule is C[C@@H]1CCc2c(sc(NS(=O)(=O)c3ccccc3Cl)c2C(N)=O)C1. The highest BCUT2D eigenvalue weighted by Crippen LogP contribution is 2.40. The summed E-state index contributed by atoms with van der Waals surface area (Å²) in [6.07, 6.45) is 2.52. The summed E-state index contributed by atoms with van der Waals surface area (Å²) < 4.78 is 27.8. The summed E-state index contributed by atoms with van der Waals surface area (Å²) in [7, 11) is -3.89. The van der Waals surface area contributed by atoms with E-state index in [1.54, 1.807) is 12.1 Å². The van der Waals surface area contributed by atoms with E-state index in [0.717, 1.165) is 29.7 Å². The lowest BCUT2D eigenvalue weighted by molar-refractivity contribution is 0.100. The van der Waals surface area contributed by atoms with E-state index in [4.69, 9.17) is 17.3 Å². The number of amides is 1. The van der Waals surface area contributed by atoms with E-state index >= 15 is 0 Å². The van der Waals surface area contributed by atoms with Gasteiger partial charge in [0.05, 0.1) is 10.6 Å². The number of sulfonamides is 1. The van der Waals surface area contributed by atoms with Gasteiger partial charge in [0.25, 0.3) is 15.9 Å². The second-order valence-corrected chi connectivity index (χ2v) is 9.12. The van der Waals surface area contributed by atoms with Crippen molar-refractivity contribution in [3.05, 3.63) is 45.3 Å². The fourth-order valence-corrected chi connectivity index (χ4v) is 6.17. The number of nitrogens with one attached hydrogen (secondary N) is 1. The monoisotopic (exact) mass is 384 g/mol. The first-order valence-electron chi connectivity index (χ1n) is 7.51. The minimum absolute atomic E-state index is 0.0261. The van der Waals surface area contributed by atoms with Crippen LogP contribution in [-0.2, 0) is 22.9 Å². The van der Waals surface area contributed by atoms with Gasteiger partial charge in [0.1, 0.15) is 9.90 Å². The molecule has 1 aromatic heterocycles. The third-order valence-electron chi connectivity index (χ3n) is 4.11. The topological polar surface area (TPSA) is 89.3 Å². The number of benzene rings is 1. The summed E-state index contributed by atoms with van der Waals surface area (Å²) in [5.41, 5.74) is 6.68. The van der Waals surface area contributed by atoms with Gasteiger partial charge in [0.15, 0.2) is 0 Å². The maximum atomic E-state index is 12.6. The van der Waals surface area contributed by atoms with E-state index in [1.165, 1.54) is 23.5 Å². The van der Waals surface area contributed by atoms with Crippen LogP contribution in [0.25, 0.3) is 0 Å². The van der Waals surface area contributed by atoms with Gasteiger partial charge in [-0.15, -0.1) is 11.3 Å². The quantitative estimate of drug-likeness (QED) is 0.846. The van der Waals surface area contributed by atoms with Gasteiger partial charge in [-0.05, 0) is 42.9 Å². The molecule has 1 aliphatic rings. The molecule has 1 aliphatic carbocycles. The highest BCUT2D eigenvalue weighted by molar-refractivity contribution is 7.93. The van der Waals surface area contributed by atoms with E-state index in [1.807, 2.05) is 0 Å². The van der Waals surface area contributed by atoms with Crippen molar-refractivity contribution in [2.24, 2.45) is 11.7 Å². The number of hydrogen-bond acceptors (Lipinski definition) is 4. The van der Waals surface area contributed by atoms with Crippen molar-refractivity contribution in [3.63, 3.8) is 0 Å². The fourth-order valence-electron chi connectivity index (χ4n) is 2.92. The first kappa shape index (κ1) is 17.3. The van der Waals surface area contributed by atoms with E-state index in [9.17, 15) is 13.2 Å². The average Bonchev–Trinajstić information content (AvgIpc) is 2.83. The first-order chi connectivity index (χ1) is 11.3. The van der Waals surface area contributed by atoms with Crippen molar-refractivity contribution in [1.82, 2.24) is 0 Å². The Hall–Kier alpha value is -1.57. The van der Waals surface area contributed by atoms with Gasteiger partial charge in [-0.3, -0.25) is 9.52 Å². The molecule has 5 nitrogen and oxygen atoms in total. The molecular formula is C16H17ClN2O3S2. The number of carbonyl (C=O) groups excluding carboxylic acids is 1. The fraction of sp³-hybridized carbons (Fsp3) is 0.312. The van der Waals surface area contributed by atoms with Crippen LogP contribution >= 0.6 is 22.9 Å². The molecule has 2 aromatic rings. The van der Waals surface area contributed by atoms with Crippen molar-refractivity contribution in [2.75, 3.05) is 4.72 Å². The number of fused-ring (bicyclic) bond motifs is 1. The maximum absolute atomic E-state index is 12.6. The Bertz CT molecular complexity index is 906. The zero-order valence-electron chi connectivity index (χ0n) is 13.0. The molecule has 1 aromatic carbocycles. The predicted octanol–water partition coefficient (Wildman–Crippen LogP) is 3.43. The zero-order chi connectivity index (χ0) is 17.5. The molecule has 0 spiro atoms. The lowest BCUT2D eigenvalue weighted by atomic mass is 9.88. The van der Waals surface area contributed by atoms with E-state index < -0.39 is 15.9 Å². The maximum Gasteiger partial charge on any atom is 0.264 e. The summed E-state index contributed by atoms with van der Waals surface area (Å²) in [5, 5.41) is 0.405. The van der Waals surface area contributed by atoms with Gasteiger partial charge in [-0.1, -0.05) is 30.7 Å². The highest BCUT2D eigenvalue weighted by atomic mass is 35.5. The molecule has 3 N–H and O–H groups in total. The molecule has 0 unspecified atom stereocenters. The smallest absolute Gasteiger partial charge is 0.264 e. The average molecular weight is 385 g/mol. The molecular weight excluding hydrogens is 368 g/mol. The Morgan fingerprint density at radius 1 is 1.38 bits per heavy atom. The van der Waals surface area contributed by atoms with Crippen LogP contribution in [0.4, 0.5) is 5.00 Å². The lowest BCUT2D eigenvalue weighted by Crippen LogP contribution is -2.19. The Morgan fingerprint density at radius 2 is 2.08 bits per heavy atom. The number of primary amides is 1. The van der Waals surface area contributed by atoms with Gasteiger partial charge >= 0.3 is 0 Å². The molecule has 8 heteroatoms. The number of thiophene rings is 1. The van der Waals surface area contributed by atoms with Crippen molar-refractivity contribution in [3.8, 4) is 0 Å². The summed E-state index contributed by atoms with van der Waals surface area (Å²) in [6.45, 7) is 2.14. The van der Waals surface area contributed by atoms with Gasteiger partial charge < -0.3 is 5.73 Å². The number of carbonyl (C=O) groups is 1. The molecule has 0 saturated heterocycles. The number of nitrogens with two attached hydrogens (primary N) is 1. The van der Waals surface area contributed by atoms with Crippen LogP contribution in [0.2, 0.25) is 5.02 Å². The zero-order valence-corrected chi connectivity index (χ0v) is 15.4. The first-order valence-corrected chi connectivity index (χ1v) is 10.2. The highest BCUT2D eigenvalue weighted by Gasteiger charge is 2.29. The second kappa shape index (κ2) is 6.38. The van der Waals surface area contributed by atoms with Crippen molar-refractivity contribution >= 4 is 43.9 Å². The second-order valence-electron chi connectivity index (χ2n) is 5.96. The third kappa shape index (κ3) is 3.16. The van der Waals surface area contributed by atoms with E-state index in [0.29, 0.717) is 5.92 Å². The molecule has 0 bridgehead atoms. The molecule has 1 amide bonds. The molecule has 0 aliphatic heterocycles. The molecule has 128 valence electrons. The standard InChI is InChI=1S/C16H17ClN2O3S2/c1-9-6-7-10-12(8-9)23-16(14(10)15(18)20)19-24(21,22)13-5-3-2-4-11(13)17/h2-5,9,19H,6-8H2,1H3,(H2,18,20)/t9-/m1/s1. The van der Waals surface area contributed by atoms with Crippen LogP contribution in [0, 0.1) is 5.92 Å². The Labute approximate surface area is 149 Å². The van der Waals surface area contributed by atoms with Gasteiger partial charge in [-0.25, -0.2) is 8.42 Å². The predicted molar refractivity (Wildman–Crippen MR) is 96.3 cm³/mol. The summed E-state index contributed by atoms with van der Waals surface area (Å²) in [4.78, 5) is 12.9. The number of hydrogen-bond donors (Lipinski definition) is 2. The summed E-state index contributed by atoms with van der Waals surface area (Å²) in [5.74, 6) is -0.108.